The van der Waals surface area contributed by atoms with E-state index in [0.717, 1.165) is 11.4 Å². The monoisotopic (exact) mass is 621 g/mol. The van der Waals surface area contributed by atoms with Crippen LogP contribution in [0.25, 0.3) is 73.2 Å². The minimum atomic E-state index is 1.10. The molecule has 0 aliphatic carbocycles. The summed E-state index contributed by atoms with van der Waals surface area (Å²) >= 11 is 0. The predicted octanol–water partition coefficient (Wildman–Crippen LogP) is 13.6. The minimum Gasteiger partial charge on any atom is -0.309 e. The Hall–Kier alpha value is -5.66. The predicted molar refractivity (Wildman–Crippen MR) is 211 cm³/mol. The van der Waals surface area contributed by atoms with Crippen molar-refractivity contribution in [2.45, 2.75) is 34.6 Å². The number of hydrogen-bond donors (Lipinski definition) is 0. The fourth-order valence-electron chi connectivity index (χ4n) is 6.71. The summed E-state index contributed by atoms with van der Waals surface area (Å²) < 4.78 is 2.31. The van der Waals surface area contributed by atoms with Gasteiger partial charge in [-0.25, -0.2) is 0 Å². The molecule has 0 unspecified atom stereocenters. The maximum Gasteiger partial charge on any atom is 0.0541 e. The molecule has 0 N–H and O–H groups in total. The maximum absolute atomic E-state index is 4.20. The summed E-state index contributed by atoms with van der Waals surface area (Å²) in [4.78, 5) is 0. The molecule has 0 radical (unpaired) electrons. The van der Waals surface area contributed by atoms with Crippen LogP contribution in [-0.2, 0) is 0 Å². The van der Waals surface area contributed by atoms with Crippen molar-refractivity contribution >= 4 is 23.1 Å². The fraction of sp³-hybridized carbons (Fsp3) is 0.106. The van der Waals surface area contributed by atoms with Gasteiger partial charge in [-0.3, -0.25) is 0 Å². The van der Waals surface area contributed by atoms with Crippen molar-refractivity contribution in [3.63, 3.8) is 0 Å². The number of para-hydroxylation sites is 1. The number of nitrogens with zero attached hydrogens (tertiary/aromatic N) is 1. The topological polar surface area (TPSA) is 4.93 Å². The summed E-state index contributed by atoms with van der Waals surface area (Å²) in [5.74, 6) is 0. The van der Waals surface area contributed by atoms with Crippen molar-refractivity contribution in [2.75, 3.05) is 0 Å². The second-order valence-electron chi connectivity index (χ2n) is 11.9. The highest BCUT2D eigenvalue weighted by atomic mass is 15.0. The molecule has 1 heterocycles. The number of fused-ring (bicyclic) bond motifs is 1. The average molecular weight is 622 g/mol. The molecule has 48 heavy (non-hydrogen) atoms. The smallest absolute Gasteiger partial charge is 0.0541 e. The molecule has 0 aliphatic rings. The fourth-order valence-corrected chi connectivity index (χ4v) is 6.71. The van der Waals surface area contributed by atoms with Crippen LogP contribution in [0.3, 0.4) is 0 Å². The summed E-state index contributed by atoms with van der Waals surface area (Å²) in [6.07, 6.45) is 6.28. The average Bonchev–Trinajstić information content (AvgIpc) is 3.46. The van der Waals surface area contributed by atoms with Gasteiger partial charge in [0.25, 0.3) is 0 Å². The molecule has 7 rings (SSSR count). The van der Waals surface area contributed by atoms with E-state index in [1.807, 2.05) is 19.9 Å². The molecule has 0 saturated carbocycles. The van der Waals surface area contributed by atoms with E-state index in [0.29, 0.717) is 0 Å². The summed E-state index contributed by atoms with van der Waals surface area (Å²) in [5, 5.41) is 1.21. The highest BCUT2D eigenvalue weighted by molar-refractivity contribution is 5.98. The first-order valence-electron chi connectivity index (χ1n) is 16.9. The molecule has 0 aliphatic heterocycles. The van der Waals surface area contributed by atoms with Gasteiger partial charge in [0.05, 0.1) is 11.2 Å². The largest absolute Gasteiger partial charge is 0.309 e. The lowest BCUT2D eigenvalue weighted by Crippen LogP contribution is -1.96. The first-order valence-corrected chi connectivity index (χ1v) is 16.9. The molecule has 7 aromatic rings. The molecule has 1 heteroatoms. The van der Waals surface area contributed by atoms with Crippen molar-refractivity contribution in [1.82, 2.24) is 4.57 Å². The molecule has 0 amide bonds. The van der Waals surface area contributed by atoms with Gasteiger partial charge in [0, 0.05) is 16.6 Å². The summed E-state index contributed by atoms with van der Waals surface area (Å²) in [5.41, 5.74) is 17.0. The van der Waals surface area contributed by atoms with Gasteiger partial charge in [0.1, 0.15) is 0 Å². The van der Waals surface area contributed by atoms with Crippen molar-refractivity contribution < 1.29 is 0 Å². The zero-order chi connectivity index (χ0) is 33.6. The van der Waals surface area contributed by atoms with Gasteiger partial charge in [0.15, 0.2) is 0 Å². The maximum atomic E-state index is 4.20. The van der Waals surface area contributed by atoms with Crippen molar-refractivity contribution in [1.29, 1.82) is 0 Å². The standard InChI is InChI=1S/C45H37N.C2H6/c1-5-16-39-43-28-36(25-26-45(43)46(44(39)6-2)38-21-14-9-15-22-38)35-24-23-31(3)40(27-35)42-30-37(33-17-10-7-11-18-33)29-41(32(42)4)34-19-12-8-13-20-34;1-2/h5-30H,2H2,1,3-4H3;1-2H3/b16-5-;. The first kappa shape index (κ1) is 32.3. The van der Waals surface area contributed by atoms with E-state index in [1.165, 1.54) is 72.1 Å². The number of aryl methyl sites for hydroxylation is 1. The van der Waals surface area contributed by atoms with Gasteiger partial charge in [0.2, 0.25) is 0 Å². The van der Waals surface area contributed by atoms with Crippen LogP contribution in [0, 0.1) is 13.8 Å². The molecular weight excluding hydrogens is 579 g/mol. The third-order valence-corrected chi connectivity index (χ3v) is 9.05. The molecule has 0 bridgehead atoms. The summed E-state index contributed by atoms with van der Waals surface area (Å²) in [7, 11) is 0. The van der Waals surface area contributed by atoms with Crippen LogP contribution in [0.5, 0.6) is 0 Å². The highest BCUT2D eigenvalue weighted by Gasteiger charge is 2.18. The van der Waals surface area contributed by atoms with E-state index >= 15 is 0 Å². The van der Waals surface area contributed by atoms with E-state index < -0.39 is 0 Å². The molecule has 0 fully saturated rings. The molecule has 6 aromatic carbocycles. The van der Waals surface area contributed by atoms with E-state index in [1.54, 1.807) is 0 Å². The van der Waals surface area contributed by atoms with Gasteiger partial charge in [-0.1, -0.05) is 130 Å². The molecule has 1 nitrogen and oxygen atoms in total. The Morgan fingerprint density at radius 3 is 1.75 bits per heavy atom. The molecule has 1 aromatic heterocycles. The van der Waals surface area contributed by atoms with Crippen molar-refractivity contribution in [2.24, 2.45) is 0 Å². The number of aromatic nitrogens is 1. The number of hydrogen-bond acceptors (Lipinski definition) is 0. The van der Waals surface area contributed by atoms with Gasteiger partial charge in [-0.15, -0.1) is 0 Å². The molecule has 0 spiro atoms. The van der Waals surface area contributed by atoms with E-state index in [-0.39, 0.29) is 0 Å². The van der Waals surface area contributed by atoms with Gasteiger partial charge in [-0.2, -0.15) is 0 Å². The number of rotatable bonds is 7. The molecule has 0 saturated heterocycles. The lowest BCUT2D eigenvalue weighted by Gasteiger charge is -2.18. The molecule has 0 atom stereocenters. The first-order chi connectivity index (χ1) is 23.6. The second-order valence-corrected chi connectivity index (χ2v) is 11.9. The minimum absolute atomic E-state index is 1.10. The number of allylic oxidation sites excluding steroid dienone is 1. The summed E-state index contributed by atoms with van der Waals surface area (Å²) in [6, 6.07) is 50.4. The second kappa shape index (κ2) is 14.4. The lowest BCUT2D eigenvalue weighted by atomic mass is 9.86. The van der Waals surface area contributed by atoms with Gasteiger partial charge in [-0.05, 0) is 125 Å². The normalized spacial score (nSPS) is 11.0. The SMILES string of the molecule is C=Cc1c(/C=C\C)c2cc(-c3ccc(C)c(-c4cc(-c5ccccc5)cc(-c5ccccc5)c4C)c3)ccc2n1-c1ccccc1.CC. The van der Waals surface area contributed by atoms with Gasteiger partial charge >= 0.3 is 0 Å². The van der Waals surface area contributed by atoms with Crippen molar-refractivity contribution in [3.8, 4) is 50.2 Å². The van der Waals surface area contributed by atoms with Crippen LogP contribution in [0.1, 0.15) is 43.2 Å². The Balaban J connectivity index is 0.00000197. The molecular formula is C47H43N. The Kier molecular flexibility index (Phi) is 9.69. The van der Waals surface area contributed by atoms with E-state index in [2.05, 4.69) is 184 Å². The van der Waals surface area contributed by atoms with Crippen LogP contribution in [0.2, 0.25) is 0 Å². The zero-order valence-corrected chi connectivity index (χ0v) is 28.7. The summed E-state index contributed by atoms with van der Waals surface area (Å²) in [6.45, 7) is 14.8. The van der Waals surface area contributed by atoms with Crippen LogP contribution >= 0.6 is 0 Å². The zero-order valence-electron chi connectivity index (χ0n) is 28.7. The van der Waals surface area contributed by atoms with E-state index in [4.69, 9.17) is 0 Å². The van der Waals surface area contributed by atoms with Gasteiger partial charge < -0.3 is 4.57 Å². The third kappa shape index (κ3) is 6.08. The Bertz CT molecular complexity index is 2220. The highest BCUT2D eigenvalue weighted by Crippen LogP contribution is 2.40. The third-order valence-electron chi connectivity index (χ3n) is 9.05. The number of benzene rings is 6. The lowest BCUT2D eigenvalue weighted by molar-refractivity contribution is 1.11. The van der Waals surface area contributed by atoms with Crippen LogP contribution in [-0.4, -0.2) is 4.57 Å². The Morgan fingerprint density at radius 2 is 1.10 bits per heavy atom. The van der Waals surface area contributed by atoms with Crippen LogP contribution < -0.4 is 0 Å². The Labute approximate surface area is 286 Å². The van der Waals surface area contributed by atoms with Crippen LogP contribution in [0.4, 0.5) is 0 Å². The van der Waals surface area contributed by atoms with Crippen molar-refractivity contribution in [3.05, 3.63) is 175 Å². The quantitative estimate of drug-likeness (QED) is 0.167. The molecule has 236 valence electrons. The van der Waals surface area contributed by atoms with Crippen LogP contribution in [0.15, 0.2) is 152 Å². The Morgan fingerprint density at radius 1 is 0.542 bits per heavy atom. The van der Waals surface area contributed by atoms with E-state index in [9.17, 15) is 0 Å².